The Labute approximate surface area is 131 Å². The number of hydrogen-bond donors (Lipinski definition) is 1. The molecule has 0 radical (unpaired) electrons. The predicted octanol–water partition coefficient (Wildman–Crippen LogP) is 1.55. The van der Waals surface area contributed by atoms with Crippen LogP contribution in [0, 0.1) is 0 Å². The highest BCUT2D eigenvalue weighted by molar-refractivity contribution is 7.89. The molecule has 0 aromatic heterocycles. The van der Waals surface area contributed by atoms with Gasteiger partial charge in [-0.05, 0) is 44.1 Å². The molecule has 0 spiro atoms. The maximum atomic E-state index is 12.7. The molecule has 1 heterocycles. The lowest BCUT2D eigenvalue weighted by molar-refractivity contribution is 0.271. The molecule has 5 nitrogen and oxygen atoms in total. The van der Waals surface area contributed by atoms with E-state index in [-0.39, 0.29) is 22.6 Å². The Bertz CT molecular complexity index is 606. The molecule has 1 aromatic rings. The van der Waals surface area contributed by atoms with Gasteiger partial charge < -0.3 is 10.0 Å². The van der Waals surface area contributed by atoms with Crippen LogP contribution in [-0.4, -0.2) is 56.0 Å². The summed E-state index contributed by atoms with van der Waals surface area (Å²) in [5, 5.41) is 9.34. The van der Waals surface area contributed by atoms with Gasteiger partial charge in [0, 0.05) is 19.6 Å². The first-order chi connectivity index (χ1) is 9.86. The van der Waals surface area contributed by atoms with Gasteiger partial charge in [-0.15, -0.1) is 0 Å². The average molecular weight is 333 g/mol. The second-order valence-electron chi connectivity index (χ2n) is 5.49. The molecule has 7 heteroatoms. The van der Waals surface area contributed by atoms with Crippen molar-refractivity contribution in [3.8, 4) is 0 Å². The number of sulfonamides is 1. The quantitative estimate of drug-likeness (QED) is 0.888. The van der Waals surface area contributed by atoms with Crippen LogP contribution in [0.2, 0.25) is 5.02 Å². The molecule has 1 fully saturated rings. The second kappa shape index (κ2) is 6.62. The topological polar surface area (TPSA) is 60.9 Å². The zero-order chi connectivity index (χ0) is 15.6. The van der Waals surface area contributed by atoms with E-state index in [2.05, 4.69) is 4.90 Å². The summed E-state index contributed by atoms with van der Waals surface area (Å²) in [6, 6.07) is 4.80. The normalized spacial score (nSPS) is 20.3. The third-order valence-electron chi connectivity index (χ3n) is 4.01. The highest BCUT2D eigenvalue weighted by Crippen LogP contribution is 2.26. The van der Waals surface area contributed by atoms with Crippen LogP contribution in [0.5, 0.6) is 0 Å². The fraction of sp³-hybridized carbons (Fsp3) is 0.571. The number of likely N-dealkylation sites (tertiary alicyclic amines) is 1. The fourth-order valence-corrected chi connectivity index (χ4v) is 4.35. The minimum atomic E-state index is -3.65. The molecule has 0 aliphatic carbocycles. The van der Waals surface area contributed by atoms with Crippen molar-refractivity contribution < 1.29 is 13.5 Å². The van der Waals surface area contributed by atoms with E-state index in [1.807, 2.05) is 7.05 Å². The highest BCUT2D eigenvalue weighted by atomic mass is 35.5. The van der Waals surface area contributed by atoms with Gasteiger partial charge in [-0.1, -0.05) is 17.7 Å². The summed E-state index contributed by atoms with van der Waals surface area (Å²) in [6.45, 7) is 1.23. The van der Waals surface area contributed by atoms with Crippen molar-refractivity contribution in [2.24, 2.45) is 0 Å². The SMILES string of the molecule is CN1CCCC1CN(C)S(=O)(=O)c1cc(CO)ccc1Cl. The number of rotatable bonds is 5. The molecule has 1 aliphatic heterocycles. The zero-order valence-electron chi connectivity index (χ0n) is 12.3. The molecule has 1 unspecified atom stereocenters. The number of aliphatic hydroxyl groups is 1. The van der Waals surface area contributed by atoms with E-state index in [1.54, 1.807) is 13.1 Å². The van der Waals surface area contributed by atoms with Crippen LogP contribution in [0.3, 0.4) is 0 Å². The van der Waals surface area contributed by atoms with E-state index in [0.29, 0.717) is 12.1 Å². The van der Waals surface area contributed by atoms with Gasteiger partial charge in [0.15, 0.2) is 0 Å². The zero-order valence-corrected chi connectivity index (χ0v) is 13.9. The van der Waals surface area contributed by atoms with E-state index >= 15 is 0 Å². The summed E-state index contributed by atoms with van der Waals surface area (Å²) in [4.78, 5) is 2.23. The first kappa shape index (κ1) is 16.7. The van der Waals surface area contributed by atoms with Crippen molar-refractivity contribution in [3.63, 3.8) is 0 Å². The number of nitrogens with zero attached hydrogens (tertiary/aromatic N) is 2. The Balaban J connectivity index is 2.24. The molecule has 1 aromatic carbocycles. The lowest BCUT2D eigenvalue weighted by Crippen LogP contribution is -2.39. The molecule has 21 heavy (non-hydrogen) atoms. The van der Waals surface area contributed by atoms with Gasteiger partial charge in [0.25, 0.3) is 0 Å². The minimum Gasteiger partial charge on any atom is -0.392 e. The van der Waals surface area contributed by atoms with Crippen molar-refractivity contribution >= 4 is 21.6 Å². The minimum absolute atomic E-state index is 0.0545. The van der Waals surface area contributed by atoms with E-state index < -0.39 is 10.0 Å². The number of likely N-dealkylation sites (N-methyl/N-ethyl adjacent to an activating group) is 2. The monoisotopic (exact) mass is 332 g/mol. The summed E-state index contributed by atoms with van der Waals surface area (Å²) < 4.78 is 26.7. The van der Waals surface area contributed by atoms with Crippen molar-refractivity contribution in [1.29, 1.82) is 0 Å². The van der Waals surface area contributed by atoms with E-state index in [4.69, 9.17) is 16.7 Å². The molecule has 2 rings (SSSR count). The van der Waals surface area contributed by atoms with Crippen LogP contribution >= 0.6 is 11.6 Å². The third kappa shape index (κ3) is 3.57. The largest absolute Gasteiger partial charge is 0.392 e. The molecule has 1 aliphatic rings. The molecule has 1 saturated heterocycles. The lowest BCUT2D eigenvalue weighted by atomic mass is 10.2. The summed E-state index contributed by atoms with van der Waals surface area (Å²) in [5.74, 6) is 0. The molecule has 0 bridgehead atoms. The van der Waals surface area contributed by atoms with Gasteiger partial charge in [-0.2, -0.15) is 4.31 Å². The van der Waals surface area contributed by atoms with Crippen molar-refractivity contribution in [3.05, 3.63) is 28.8 Å². The Morgan fingerprint density at radius 3 is 2.76 bits per heavy atom. The van der Waals surface area contributed by atoms with E-state index in [1.165, 1.54) is 16.4 Å². The van der Waals surface area contributed by atoms with Gasteiger partial charge in [0.05, 0.1) is 11.6 Å². The number of benzene rings is 1. The maximum Gasteiger partial charge on any atom is 0.244 e. The molecule has 1 N–H and O–H groups in total. The summed E-state index contributed by atoms with van der Waals surface area (Å²) in [7, 11) is -0.0653. The smallest absolute Gasteiger partial charge is 0.244 e. The summed E-state index contributed by atoms with van der Waals surface area (Å²) in [5.41, 5.74) is 0.532. The fourth-order valence-electron chi connectivity index (χ4n) is 2.62. The summed E-state index contributed by atoms with van der Waals surface area (Å²) in [6.07, 6.45) is 2.09. The lowest BCUT2D eigenvalue weighted by Gasteiger charge is -2.25. The molecular weight excluding hydrogens is 312 g/mol. The van der Waals surface area contributed by atoms with Gasteiger partial charge in [0.2, 0.25) is 10.0 Å². The molecular formula is C14H21ClN2O3S. The van der Waals surface area contributed by atoms with Crippen molar-refractivity contribution in [1.82, 2.24) is 9.21 Å². The van der Waals surface area contributed by atoms with Gasteiger partial charge in [0.1, 0.15) is 4.90 Å². The van der Waals surface area contributed by atoms with Crippen molar-refractivity contribution in [2.45, 2.75) is 30.4 Å². The number of halogens is 1. The average Bonchev–Trinajstić information content (AvgIpc) is 2.84. The Morgan fingerprint density at radius 2 is 2.19 bits per heavy atom. The molecule has 0 amide bonds. The highest BCUT2D eigenvalue weighted by Gasteiger charge is 2.29. The first-order valence-electron chi connectivity index (χ1n) is 6.92. The molecule has 118 valence electrons. The van der Waals surface area contributed by atoms with Crippen molar-refractivity contribution in [2.75, 3.05) is 27.2 Å². The standard InChI is InChI=1S/C14H21ClN2O3S/c1-16-7-3-4-12(16)9-17(2)21(19,20)14-8-11(10-18)5-6-13(14)15/h5-6,8,12,18H,3-4,7,9-10H2,1-2H3. The Kier molecular flexibility index (Phi) is 5.27. The molecule has 0 saturated carbocycles. The predicted molar refractivity (Wildman–Crippen MR) is 82.8 cm³/mol. The second-order valence-corrected chi connectivity index (χ2v) is 7.91. The van der Waals surface area contributed by atoms with Crippen LogP contribution in [0.4, 0.5) is 0 Å². The van der Waals surface area contributed by atoms with E-state index in [9.17, 15) is 8.42 Å². The number of hydrogen-bond acceptors (Lipinski definition) is 4. The first-order valence-corrected chi connectivity index (χ1v) is 8.74. The van der Waals surface area contributed by atoms with E-state index in [0.717, 1.165) is 19.4 Å². The maximum absolute atomic E-state index is 12.7. The van der Waals surface area contributed by atoms with Gasteiger partial charge in [-0.3, -0.25) is 0 Å². The molecule has 1 atom stereocenters. The Hall–Kier alpha value is -0.660. The van der Waals surface area contributed by atoms with Crippen LogP contribution < -0.4 is 0 Å². The number of aliphatic hydroxyl groups excluding tert-OH is 1. The van der Waals surface area contributed by atoms with Crippen LogP contribution in [0.15, 0.2) is 23.1 Å². The van der Waals surface area contributed by atoms with Crippen LogP contribution in [0.1, 0.15) is 18.4 Å². The summed E-state index contributed by atoms with van der Waals surface area (Å²) >= 11 is 6.03. The van der Waals surface area contributed by atoms with Gasteiger partial charge >= 0.3 is 0 Å². The third-order valence-corrected chi connectivity index (χ3v) is 6.31. The van der Waals surface area contributed by atoms with Gasteiger partial charge in [-0.25, -0.2) is 8.42 Å². The van der Waals surface area contributed by atoms with Crippen LogP contribution in [0.25, 0.3) is 0 Å². The Morgan fingerprint density at radius 1 is 1.48 bits per heavy atom. The van der Waals surface area contributed by atoms with Crippen LogP contribution in [-0.2, 0) is 16.6 Å².